The summed E-state index contributed by atoms with van der Waals surface area (Å²) in [5, 5.41) is 0. The summed E-state index contributed by atoms with van der Waals surface area (Å²) in [7, 11) is 0. The smallest absolute Gasteiger partial charge is 0.243 e. The maximum absolute atomic E-state index is 11.6. The van der Waals surface area contributed by atoms with Crippen LogP contribution in [0.2, 0.25) is 0 Å². The second-order valence-corrected chi connectivity index (χ2v) is 5.25. The van der Waals surface area contributed by atoms with Gasteiger partial charge in [-0.05, 0) is 18.4 Å². The SMILES string of the molecule is O=C1CC(Br)C(=O)N1CCCc1ccccc1. The molecule has 2 rings (SSSR count). The molecule has 0 N–H and O–H groups in total. The van der Waals surface area contributed by atoms with Crippen LogP contribution in [0.4, 0.5) is 0 Å². The Morgan fingerprint density at radius 2 is 1.94 bits per heavy atom. The molecule has 0 aromatic heterocycles. The lowest BCUT2D eigenvalue weighted by atomic mass is 10.1. The first-order valence-corrected chi connectivity index (χ1v) is 6.62. The van der Waals surface area contributed by atoms with E-state index in [1.165, 1.54) is 10.5 Å². The van der Waals surface area contributed by atoms with Crippen LogP contribution in [0.5, 0.6) is 0 Å². The van der Waals surface area contributed by atoms with Gasteiger partial charge >= 0.3 is 0 Å². The molecule has 2 amide bonds. The van der Waals surface area contributed by atoms with Crippen molar-refractivity contribution in [2.75, 3.05) is 6.54 Å². The van der Waals surface area contributed by atoms with Gasteiger partial charge in [0.2, 0.25) is 11.8 Å². The summed E-state index contributed by atoms with van der Waals surface area (Å²) in [5.74, 6) is -0.159. The Hall–Kier alpha value is -1.16. The van der Waals surface area contributed by atoms with Gasteiger partial charge in [-0.1, -0.05) is 46.3 Å². The number of hydrogen-bond donors (Lipinski definition) is 0. The summed E-state index contributed by atoms with van der Waals surface area (Å²) in [5.41, 5.74) is 1.24. The monoisotopic (exact) mass is 295 g/mol. The third-order valence-corrected chi connectivity index (χ3v) is 3.59. The number of aryl methyl sites for hydroxylation is 1. The minimum absolute atomic E-state index is 0.0649. The number of carbonyl (C=O) groups is 2. The fraction of sp³-hybridized carbons (Fsp3) is 0.385. The molecule has 3 nitrogen and oxygen atoms in total. The molecule has 1 aromatic rings. The van der Waals surface area contributed by atoms with Gasteiger partial charge in [-0.25, -0.2) is 0 Å². The van der Waals surface area contributed by atoms with E-state index in [2.05, 4.69) is 28.1 Å². The largest absolute Gasteiger partial charge is 0.282 e. The van der Waals surface area contributed by atoms with Crippen LogP contribution in [0.1, 0.15) is 18.4 Å². The molecule has 0 radical (unpaired) electrons. The van der Waals surface area contributed by atoms with E-state index in [9.17, 15) is 9.59 Å². The quantitative estimate of drug-likeness (QED) is 0.630. The van der Waals surface area contributed by atoms with E-state index in [4.69, 9.17) is 0 Å². The first-order valence-electron chi connectivity index (χ1n) is 5.70. The van der Waals surface area contributed by atoms with Gasteiger partial charge in [0.1, 0.15) is 4.83 Å². The fourth-order valence-electron chi connectivity index (χ4n) is 1.96. The maximum Gasteiger partial charge on any atom is 0.243 e. The Labute approximate surface area is 109 Å². The molecule has 0 bridgehead atoms. The van der Waals surface area contributed by atoms with Gasteiger partial charge in [0.25, 0.3) is 0 Å². The molecule has 1 atom stereocenters. The first kappa shape index (κ1) is 12.3. The molecular weight excluding hydrogens is 282 g/mol. The zero-order valence-corrected chi connectivity index (χ0v) is 11.0. The van der Waals surface area contributed by atoms with E-state index < -0.39 is 0 Å². The highest BCUT2D eigenvalue weighted by atomic mass is 79.9. The molecule has 0 aliphatic carbocycles. The number of halogens is 1. The number of nitrogens with zero attached hydrogens (tertiary/aromatic N) is 1. The van der Waals surface area contributed by atoms with Crippen LogP contribution in [-0.2, 0) is 16.0 Å². The van der Waals surface area contributed by atoms with Gasteiger partial charge in [0.15, 0.2) is 0 Å². The molecule has 1 heterocycles. The highest BCUT2D eigenvalue weighted by Crippen LogP contribution is 2.20. The second-order valence-electron chi connectivity index (χ2n) is 4.14. The second kappa shape index (κ2) is 5.45. The van der Waals surface area contributed by atoms with E-state index in [0.717, 1.165) is 12.8 Å². The Bertz CT molecular complexity index is 419. The molecule has 90 valence electrons. The van der Waals surface area contributed by atoms with E-state index >= 15 is 0 Å². The van der Waals surface area contributed by atoms with E-state index in [1.54, 1.807) is 0 Å². The van der Waals surface area contributed by atoms with Crippen LogP contribution in [0, 0.1) is 0 Å². The standard InChI is InChI=1S/C13H14BrNO2/c14-11-9-12(16)15(13(11)17)8-4-7-10-5-2-1-3-6-10/h1-3,5-6,11H,4,7-9H2. The van der Waals surface area contributed by atoms with Gasteiger partial charge in [0, 0.05) is 13.0 Å². The van der Waals surface area contributed by atoms with Gasteiger partial charge < -0.3 is 0 Å². The number of likely N-dealkylation sites (tertiary alicyclic amines) is 1. The van der Waals surface area contributed by atoms with Crippen molar-refractivity contribution in [2.24, 2.45) is 0 Å². The van der Waals surface area contributed by atoms with Crippen LogP contribution in [-0.4, -0.2) is 28.1 Å². The average Bonchev–Trinajstić information content (AvgIpc) is 2.57. The van der Waals surface area contributed by atoms with E-state index in [0.29, 0.717) is 13.0 Å². The van der Waals surface area contributed by atoms with Crippen molar-refractivity contribution >= 4 is 27.7 Å². The van der Waals surface area contributed by atoms with Crippen molar-refractivity contribution in [1.82, 2.24) is 4.90 Å². The van der Waals surface area contributed by atoms with Crippen molar-refractivity contribution in [3.8, 4) is 0 Å². The third kappa shape index (κ3) is 2.94. The first-order chi connectivity index (χ1) is 8.18. The van der Waals surface area contributed by atoms with Gasteiger partial charge in [0.05, 0.1) is 0 Å². The molecule has 4 heteroatoms. The number of alkyl halides is 1. The average molecular weight is 296 g/mol. The Kier molecular flexibility index (Phi) is 3.94. The lowest BCUT2D eigenvalue weighted by Gasteiger charge is -2.13. The van der Waals surface area contributed by atoms with Crippen molar-refractivity contribution in [2.45, 2.75) is 24.1 Å². The number of rotatable bonds is 4. The molecule has 1 fully saturated rings. The highest BCUT2D eigenvalue weighted by Gasteiger charge is 2.36. The summed E-state index contributed by atoms with van der Waals surface area (Å²) in [6.45, 7) is 0.522. The van der Waals surface area contributed by atoms with Crippen LogP contribution >= 0.6 is 15.9 Å². The van der Waals surface area contributed by atoms with Gasteiger partial charge in [-0.3, -0.25) is 14.5 Å². The van der Waals surface area contributed by atoms with E-state index in [1.807, 2.05) is 18.2 Å². The fourth-order valence-corrected chi connectivity index (χ4v) is 2.49. The number of imide groups is 1. The molecule has 1 unspecified atom stereocenters. The topological polar surface area (TPSA) is 37.4 Å². The zero-order chi connectivity index (χ0) is 12.3. The van der Waals surface area contributed by atoms with Gasteiger partial charge in [-0.2, -0.15) is 0 Å². The van der Waals surface area contributed by atoms with Crippen LogP contribution < -0.4 is 0 Å². The summed E-state index contributed by atoms with van der Waals surface area (Å²) < 4.78 is 0. The van der Waals surface area contributed by atoms with Gasteiger partial charge in [-0.15, -0.1) is 0 Å². The summed E-state index contributed by atoms with van der Waals surface area (Å²) >= 11 is 3.21. The van der Waals surface area contributed by atoms with E-state index in [-0.39, 0.29) is 16.6 Å². The number of benzene rings is 1. The predicted octanol–water partition coefficient (Wildman–Crippen LogP) is 2.14. The van der Waals surface area contributed by atoms with Crippen LogP contribution in [0.3, 0.4) is 0 Å². The van der Waals surface area contributed by atoms with Crippen molar-refractivity contribution in [3.05, 3.63) is 35.9 Å². The number of hydrogen-bond acceptors (Lipinski definition) is 2. The molecule has 1 aliphatic rings. The summed E-state index contributed by atoms with van der Waals surface area (Å²) in [6.07, 6.45) is 2.01. The molecule has 0 saturated carbocycles. The minimum Gasteiger partial charge on any atom is -0.282 e. The molecular formula is C13H14BrNO2. The van der Waals surface area contributed by atoms with Crippen molar-refractivity contribution in [1.29, 1.82) is 0 Å². The Balaban J connectivity index is 1.83. The van der Waals surface area contributed by atoms with Crippen molar-refractivity contribution < 1.29 is 9.59 Å². The van der Waals surface area contributed by atoms with Crippen molar-refractivity contribution in [3.63, 3.8) is 0 Å². The van der Waals surface area contributed by atoms with Crippen LogP contribution in [0.25, 0.3) is 0 Å². The molecule has 1 aliphatic heterocycles. The molecule has 1 aromatic carbocycles. The summed E-state index contributed by atoms with van der Waals surface area (Å²) in [4.78, 5) is 24.2. The number of amides is 2. The van der Waals surface area contributed by atoms with Crippen LogP contribution in [0.15, 0.2) is 30.3 Å². The maximum atomic E-state index is 11.6. The third-order valence-electron chi connectivity index (χ3n) is 2.88. The Morgan fingerprint density at radius 1 is 1.24 bits per heavy atom. The normalized spacial score (nSPS) is 20.1. The minimum atomic E-state index is -0.313. The Morgan fingerprint density at radius 3 is 2.53 bits per heavy atom. The molecule has 1 saturated heterocycles. The predicted molar refractivity (Wildman–Crippen MR) is 68.8 cm³/mol. The lowest BCUT2D eigenvalue weighted by molar-refractivity contribution is -0.138. The molecule has 17 heavy (non-hydrogen) atoms. The zero-order valence-electron chi connectivity index (χ0n) is 9.43. The lowest BCUT2D eigenvalue weighted by Crippen LogP contribution is -2.31. The summed E-state index contributed by atoms with van der Waals surface area (Å²) in [6, 6.07) is 10.1. The number of carbonyl (C=O) groups excluding carboxylic acids is 2. The highest BCUT2D eigenvalue weighted by molar-refractivity contribution is 9.10. The molecule has 0 spiro atoms.